The van der Waals surface area contributed by atoms with Crippen molar-refractivity contribution in [3.05, 3.63) is 28.3 Å². The van der Waals surface area contributed by atoms with Gasteiger partial charge in [-0.25, -0.2) is 0 Å². The fraction of sp³-hybridized carbons (Fsp3) is 0.643. The SMILES string of the molecule is O=c1cc(CO)occ1OCC1CC2CCC1C2. The van der Waals surface area contributed by atoms with Crippen LogP contribution in [0.2, 0.25) is 0 Å². The number of hydrogen-bond donors (Lipinski definition) is 1. The van der Waals surface area contributed by atoms with E-state index in [2.05, 4.69) is 0 Å². The Morgan fingerprint density at radius 3 is 2.89 bits per heavy atom. The lowest BCUT2D eigenvalue weighted by atomic mass is 9.90. The maximum atomic E-state index is 11.7. The summed E-state index contributed by atoms with van der Waals surface area (Å²) in [4.78, 5) is 11.7. The average Bonchev–Trinajstić information content (AvgIpc) is 2.99. The summed E-state index contributed by atoms with van der Waals surface area (Å²) in [6.45, 7) is 0.353. The van der Waals surface area contributed by atoms with Crippen LogP contribution in [0.4, 0.5) is 0 Å². The van der Waals surface area contributed by atoms with Gasteiger partial charge in [-0.3, -0.25) is 4.79 Å². The number of aliphatic hydroxyl groups is 1. The van der Waals surface area contributed by atoms with Gasteiger partial charge in [0.15, 0.2) is 0 Å². The highest BCUT2D eigenvalue weighted by atomic mass is 16.5. The van der Waals surface area contributed by atoms with Gasteiger partial charge in [0.05, 0.1) is 6.61 Å². The van der Waals surface area contributed by atoms with Crippen LogP contribution in [-0.2, 0) is 6.61 Å². The Hall–Kier alpha value is -1.29. The molecule has 1 N–H and O–H groups in total. The topological polar surface area (TPSA) is 59.7 Å². The minimum absolute atomic E-state index is 0.214. The van der Waals surface area contributed by atoms with Gasteiger partial charge in [0.2, 0.25) is 11.2 Å². The summed E-state index contributed by atoms with van der Waals surface area (Å²) < 4.78 is 10.7. The van der Waals surface area contributed by atoms with E-state index in [1.165, 1.54) is 38.0 Å². The molecule has 0 radical (unpaired) electrons. The molecule has 2 bridgehead atoms. The summed E-state index contributed by atoms with van der Waals surface area (Å²) in [5.74, 6) is 2.80. The van der Waals surface area contributed by atoms with Crippen LogP contribution < -0.4 is 10.2 Å². The summed E-state index contributed by atoms with van der Waals surface area (Å²) in [5.41, 5.74) is -0.214. The van der Waals surface area contributed by atoms with E-state index in [9.17, 15) is 4.79 Å². The Kier molecular flexibility index (Phi) is 3.12. The van der Waals surface area contributed by atoms with E-state index in [-0.39, 0.29) is 23.5 Å². The molecular formula is C14H18O4. The predicted molar refractivity (Wildman–Crippen MR) is 65.3 cm³/mol. The number of ether oxygens (including phenoxy) is 1. The summed E-state index contributed by atoms with van der Waals surface area (Å²) >= 11 is 0. The lowest BCUT2D eigenvalue weighted by Gasteiger charge is -2.21. The monoisotopic (exact) mass is 250 g/mol. The van der Waals surface area contributed by atoms with Gasteiger partial charge in [-0.15, -0.1) is 0 Å². The normalized spacial score (nSPS) is 29.7. The van der Waals surface area contributed by atoms with Crippen LogP contribution in [0.25, 0.3) is 0 Å². The molecule has 2 aliphatic carbocycles. The molecule has 3 rings (SSSR count). The fourth-order valence-electron chi connectivity index (χ4n) is 3.40. The fourth-order valence-corrected chi connectivity index (χ4v) is 3.40. The number of hydrogen-bond acceptors (Lipinski definition) is 4. The molecule has 2 fully saturated rings. The first-order valence-electron chi connectivity index (χ1n) is 6.61. The molecule has 2 saturated carbocycles. The first-order valence-corrected chi connectivity index (χ1v) is 6.61. The standard InChI is InChI=1S/C14H18O4/c15-6-12-5-13(16)14(8-17-12)18-7-11-4-9-1-2-10(11)3-9/h5,8-11,15H,1-4,6-7H2. The molecule has 4 heteroatoms. The maximum Gasteiger partial charge on any atom is 0.227 e. The van der Waals surface area contributed by atoms with Crippen molar-refractivity contribution in [2.75, 3.05) is 6.61 Å². The van der Waals surface area contributed by atoms with Crippen molar-refractivity contribution in [3.8, 4) is 5.75 Å². The summed E-state index contributed by atoms with van der Waals surface area (Å²) in [7, 11) is 0. The van der Waals surface area contributed by atoms with Crippen molar-refractivity contribution < 1.29 is 14.3 Å². The van der Waals surface area contributed by atoms with Gasteiger partial charge in [-0.05, 0) is 37.0 Å². The molecule has 4 nitrogen and oxygen atoms in total. The molecule has 2 aliphatic rings. The van der Waals surface area contributed by atoms with Gasteiger partial charge < -0.3 is 14.3 Å². The van der Waals surface area contributed by atoms with E-state index in [1.807, 2.05) is 0 Å². The first-order chi connectivity index (χ1) is 8.76. The van der Waals surface area contributed by atoms with Crippen LogP contribution in [0.3, 0.4) is 0 Å². The average molecular weight is 250 g/mol. The second-order valence-corrected chi connectivity index (χ2v) is 5.48. The summed E-state index contributed by atoms with van der Waals surface area (Å²) in [5, 5.41) is 8.85. The van der Waals surface area contributed by atoms with Crippen LogP contribution in [0, 0.1) is 17.8 Å². The number of rotatable bonds is 4. The second-order valence-electron chi connectivity index (χ2n) is 5.48. The van der Waals surface area contributed by atoms with E-state index in [0.717, 1.165) is 11.8 Å². The Morgan fingerprint density at radius 1 is 1.39 bits per heavy atom. The van der Waals surface area contributed by atoms with Crippen molar-refractivity contribution in [2.24, 2.45) is 17.8 Å². The highest BCUT2D eigenvalue weighted by molar-refractivity contribution is 5.17. The quantitative estimate of drug-likeness (QED) is 0.887. The number of fused-ring (bicyclic) bond motifs is 2. The van der Waals surface area contributed by atoms with Gasteiger partial charge in [-0.2, -0.15) is 0 Å². The van der Waals surface area contributed by atoms with E-state index in [0.29, 0.717) is 12.5 Å². The molecule has 18 heavy (non-hydrogen) atoms. The van der Waals surface area contributed by atoms with Crippen molar-refractivity contribution >= 4 is 0 Å². The Morgan fingerprint density at radius 2 is 2.28 bits per heavy atom. The van der Waals surface area contributed by atoms with Crippen molar-refractivity contribution in [3.63, 3.8) is 0 Å². The molecule has 1 heterocycles. The molecule has 0 aromatic carbocycles. The molecule has 98 valence electrons. The van der Waals surface area contributed by atoms with Gasteiger partial charge in [-0.1, -0.05) is 6.42 Å². The van der Waals surface area contributed by atoms with Crippen molar-refractivity contribution in [1.29, 1.82) is 0 Å². The Balaban J connectivity index is 1.62. The lowest BCUT2D eigenvalue weighted by molar-refractivity contribution is 0.187. The highest BCUT2D eigenvalue weighted by Gasteiger charge is 2.39. The summed E-state index contributed by atoms with van der Waals surface area (Å²) in [6, 6.07) is 1.29. The van der Waals surface area contributed by atoms with Crippen LogP contribution >= 0.6 is 0 Å². The summed E-state index contributed by atoms with van der Waals surface area (Å²) in [6.07, 6.45) is 6.57. The molecule has 0 aliphatic heterocycles. The van der Waals surface area contributed by atoms with Crippen LogP contribution in [0.15, 0.2) is 21.5 Å². The molecular weight excluding hydrogens is 232 g/mol. The molecule has 0 amide bonds. The van der Waals surface area contributed by atoms with Gasteiger partial charge in [0.25, 0.3) is 0 Å². The van der Waals surface area contributed by atoms with E-state index >= 15 is 0 Å². The van der Waals surface area contributed by atoms with E-state index in [1.54, 1.807) is 0 Å². The molecule has 0 spiro atoms. The molecule has 3 unspecified atom stereocenters. The van der Waals surface area contributed by atoms with Crippen molar-refractivity contribution in [1.82, 2.24) is 0 Å². The lowest BCUT2D eigenvalue weighted by Crippen LogP contribution is -2.20. The van der Waals surface area contributed by atoms with E-state index < -0.39 is 0 Å². The molecule has 1 aromatic heterocycles. The Labute approximate surface area is 106 Å². The largest absolute Gasteiger partial charge is 0.486 e. The third-order valence-corrected chi connectivity index (χ3v) is 4.35. The van der Waals surface area contributed by atoms with Crippen LogP contribution in [0.1, 0.15) is 31.4 Å². The smallest absolute Gasteiger partial charge is 0.227 e. The molecule has 1 aromatic rings. The maximum absolute atomic E-state index is 11.7. The zero-order valence-corrected chi connectivity index (χ0v) is 10.3. The first kappa shape index (κ1) is 11.8. The second kappa shape index (κ2) is 4.76. The van der Waals surface area contributed by atoms with Gasteiger partial charge in [0, 0.05) is 6.07 Å². The van der Waals surface area contributed by atoms with Gasteiger partial charge in [0.1, 0.15) is 18.6 Å². The molecule has 3 atom stereocenters. The van der Waals surface area contributed by atoms with Crippen LogP contribution in [-0.4, -0.2) is 11.7 Å². The minimum Gasteiger partial charge on any atom is -0.486 e. The highest BCUT2D eigenvalue weighted by Crippen LogP contribution is 2.48. The third kappa shape index (κ3) is 2.17. The number of aliphatic hydroxyl groups excluding tert-OH is 1. The molecule has 0 saturated heterocycles. The minimum atomic E-state index is -0.262. The third-order valence-electron chi connectivity index (χ3n) is 4.35. The Bertz CT molecular complexity index is 479. The van der Waals surface area contributed by atoms with Gasteiger partial charge >= 0.3 is 0 Å². The van der Waals surface area contributed by atoms with Crippen molar-refractivity contribution in [2.45, 2.75) is 32.3 Å². The predicted octanol–water partition coefficient (Wildman–Crippen LogP) is 1.95. The zero-order valence-electron chi connectivity index (χ0n) is 10.3. The zero-order chi connectivity index (χ0) is 12.5. The van der Waals surface area contributed by atoms with E-state index in [4.69, 9.17) is 14.3 Å². The van der Waals surface area contributed by atoms with Crippen LogP contribution in [0.5, 0.6) is 5.75 Å².